The molecule has 0 spiro atoms. The minimum absolute atomic E-state index is 0.141. The van der Waals surface area contributed by atoms with Crippen molar-refractivity contribution in [1.82, 2.24) is 20.6 Å². The third kappa shape index (κ3) is 5.44. The van der Waals surface area contributed by atoms with Crippen LogP contribution in [-0.4, -0.2) is 33.1 Å². The van der Waals surface area contributed by atoms with E-state index in [0.29, 0.717) is 29.0 Å². The van der Waals surface area contributed by atoms with Gasteiger partial charge in [-0.25, -0.2) is 0 Å². The highest BCUT2D eigenvalue weighted by molar-refractivity contribution is 6.08. The van der Waals surface area contributed by atoms with Crippen LogP contribution in [0.4, 0.5) is 5.69 Å². The van der Waals surface area contributed by atoms with Gasteiger partial charge in [0.25, 0.3) is 5.91 Å². The van der Waals surface area contributed by atoms with Crippen LogP contribution in [0, 0.1) is 0 Å². The van der Waals surface area contributed by atoms with Crippen molar-refractivity contribution in [2.24, 2.45) is 0 Å². The number of H-pyrrole nitrogens is 1. The first-order valence-electron chi connectivity index (χ1n) is 10.8. The van der Waals surface area contributed by atoms with E-state index in [1.807, 2.05) is 12.2 Å². The van der Waals surface area contributed by atoms with Crippen LogP contribution in [0.5, 0.6) is 5.75 Å². The van der Waals surface area contributed by atoms with Gasteiger partial charge in [-0.15, -0.1) is 16.8 Å². The summed E-state index contributed by atoms with van der Waals surface area (Å²) >= 11 is 0. The maximum atomic E-state index is 12.8. The van der Waals surface area contributed by atoms with Gasteiger partial charge >= 0.3 is 0 Å². The number of nitrogens with zero attached hydrogens (tertiary/aromatic N) is 3. The molecule has 0 atom stereocenters. The molecule has 172 valence electrons. The number of hydrogen-bond acceptors (Lipinski definition) is 7. The summed E-state index contributed by atoms with van der Waals surface area (Å²) in [5, 5.41) is 16.6. The molecule has 0 radical (unpaired) electrons. The van der Waals surface area contributed by atoms with E-state index >= 15 is 0 Å². The van der Waals surface area contributed by atoms with E-state index in [9.17, 15) is 9.59 Å². The van der Waals surface area contributed by atoms with Gasteiger partial charge in [0, 0.05) is 11.6 Å². The Labute approximate surface area is 195 Å². The fourth-order valence-electron chi connectivity index (χ4n) is 3.26. The summed E-state index contributed by atoms with van der Waals surface area (Å²) in [5.41, 5.74) is 0.726. The van der Waals surface area contributed by atoms with Crippen molar-refractivity contribution in [2.75, 3.05) is 11.9 Å². The van der Waals surface area contributed by atoms with Crippen molar-refractivity contribution in [2.45, 2.75) is 19.3 Å². The largest absolute Gasteiger partial charge is 0.490 e. The fourth-order valence-corrected chi connectivity index (χ4v) is 3.26. The highest BCUT2D eigenvalue weighted by Gasteiger charge is 2.15. The first-order valence-corrected chi connectivity index (χ1v) is 10.8. The van der Waals surface area contributed by atoms with Crippen LogP contribution in [0.1, 0.15) is 29.6 Å². The number of aromatic nitrogens is 4. The zero-order chi connectivity index (χ0) is 23.8. The predicted molar refractivity (Wildman–Crippen MR) is 129 cm³/mol. The third-order valence-electron chi connectivity index (χ3n) is 4.98. The number of amides is 1. The average molecular weight is 457 g/mol. The number of para-hydroxylation sites is 1. The van der Waals surface area contributed by atoms with E-state index in [-0.39, 0.29) is 28.5 Å². The molecule has 4 rings (SSSR count). The van der Waals surface area contributed by atoms with Gasteiger partial charge in [0.15, 0.2) is 16.8 Å². The summed E-state index contributed by atoms with van der Waals surface area (Å²) in [4.78, 5) is 25.4. The van der Waals surface area contributed by atoms with Crippen molar-refractivity contribution < 1.29 is 13.9 Å². The molecule has 1 amide bonds. The van der Waals surface area contributed by atoms with Crippen molar-refractivity contribution >= 4 is 22.6 Å². The summed E-state index contributed by atoms with van der Waals surface area (Å²) < 4.78 is 11.5. The molecule has 0 bridgehead atoms. The molecule has 34 heavy (non-hydrogen) atoms. The van der Waals surface area contributed by atoms with Gasteiger partial charge in [-0.05, 0) is 60.9 Å². The van der Waals surface area contributed by atoms with Crippen LogP contribution in [-0.2, 0) is 0 Å². The number of benzene rings is 2. The van der Waals surface area contributed by atoms with Gasteiger partial charge in [0.05, 0.1) is 11.1 Å². The van der Waals surface area contributed by atoms with Gasteiger partial charge in [-0.1, -0.05) is 24.3 Å². The van der Waals surface area contributed by atoms with Crippen LogP contribution in [0.25, 0.3) is 22.6 Å². The molecule has 2 heterocycles. The van der Waals surface area contributed by atoms with Crippen molar-refractivity contribution in [3.8, 4) is 17.3 Å². The number of rotatable bonds is 10. The molecule has 0 fully saturated rings. The van der Waals surface area contributed by atoms with Crippen molar-refractivity contribution in [1.29, 1.82) is 0 Å². The van der Waals surface area contributed by atoms with E-state index in [0.717, 1.165) is 19.3 Å². The Balaban J connectivity index is 1.45. The number of carbonyl (C=O) groups is 1. The zero-order valence-electron chi connectivity index (χ0n) is 18.4. The Morgan fingerprint density at radius 2 is 2.00 bits per heavy atom. The molecule has 0 aliphatic carbocycles. The van der Waals surface area contributed by atoms with E-state index in [1.165, 1.54) is 6.07 Å². The fraction of sp³-hybridized carbons (Fsp3) is 0.160. The number of fused-ring (bicyclic) bond motifs is 1. The van der Waals surface area contributed by atoms with Crippen molar-refractivity contribution in [3.05, 3.63) is 89.1 Å². The SMILES string of the molecule is C=CCCC/C=C/COc1ccc(C(=O)Nc2cccc3c(=O)cc(-c4nn[nH]n4)oc23)cc1. The minimum atomic E-state index is -0.353. The first-order chi connectivity index (χ1) is 16.7. The molecular weight excluding hydrogens is 434 g/mol. The average Bonchev–Trinajstić information content (AvgIpc) is 3.39. The van der Waals surface area contributed by atoms with Crippen LogP contribution < -0.4 is 15.5 Å². The number of tetrazole rings is 1. The number of ether oxygens (including phenoxy) is 1. The van der Waals surface area contributed by atoms with Gasteiger partial charge in [-0.3, -0.25) is 9.59 Å². The minimum Gasteiger partial charge on any atom is -0.490 e. The van der Waals surface area contributed by atoms with Crippen LogP contribution >= 0.6 is 0 Å². The van der Waals surface area contributed by atoms with Crippen LogP contribution in [0.3, 0.4) is 0 Å². The summed E-state index contributed by atoms with van der Waals surface area (Å²) in [6.45, 7) is 4.16. The molecule has 9 nitrogen and oxygen atoms in total. The Morgan fingerprint density at radius 3 is 2.76 bits per heavy atom. The Morgan fingerprint density at radius 1 is 1.15 bits per heavy atom. The second kappa shape index (κ2) is 10.9. The maximum Gasteiger partial charge on any atom is 0.255 e. The van der Waals surface area contributed by atoms with Crippen LogP contribution in [0.2, 0.25) is 0 Å². The smallest absolute Gasteiger partial charge is 0.255 e. The lowest BCUT2D eigenvalue weighted by Crippen LogP contribution is -2.13. The molecule has 2 N–H and O–H groups in total. The Bertz CT molecular complexity index is 1360. The number of carbonyl (C=O) groups excluding carboxylic acids is 1. The van der Waals surface area contributed by atoms with E-state index in [1.54, 1.807) is 42.5 Å². The standard InChI is InChI=1S/C25H23N5O4/c1-2-3-4-5-6-7-15-33-18-13-11-17(12-14-18)25(32)26-20-10-8-9-19-21(31)16-22(34-23(19)20)24-27-29-30-28-24/h2,6-14,16H,1,3-5,15H2,(H,26,32)(H,27,28,29,30)/b7-6+. The highest BCUT2D eigenvalue weighted by Crippen LogP contribution is 2.26. The molecule has 0 saturated carbocycles. The lowest BCUT2D eigenvalue weighted by atomic mass is 10.1. The lowest BCUT2D eigenvalue weighted by molar-refractivity contribution is 0.102. The number of allylic oxidation sites excluding steroid dienone is 2. The number of unbranched alkanes of at least 4 members (excludes halogenated alkanes) is 2. The normalized spacial score (nSPS) is 11.1. The number of nitrogens with one attached hydrogen (secondary N) is 2. The lowest BCUT2D eigenvalue weighted by Gasteiger charge is -2.09. The summed E-state index contributed by atoms with van der Waals surface area (Å²) in [6, 6.07) is 13.0. The monoisotopic (exact) mass is 457 g/mol. The Kier molecular flexibility index (Phi) is 7.24. The molecule has 0 aliphatic rings. The molecule has 2 aromatic carbocycles. The predicted octanol–water partition coefficient (Wildman–Crippen LogP) is 4.52. The quantitative estimate of drug-likeness (QED) is 0.265. The molecule has 0 aliphatic heterocycles. The van der Waals surface area contributed by atoms with Gasteiger partial charge in [0.2, 0.25) is 5.82 Å². The second-order valence-corrected chi connectivity index (χ2v) is 7.37. The maximum absolute atomic E-state index is 12.8. The first kappa shape index (κ1) is 22.7. The number of aromatic amines is 1. The molecular formula is C25H23N5O4. The van der Waals surface area contributed by atoms with E-state index in [2.05, 4.69) is 38.6 Å². The molecule has 4 aromatic rings. The van der Waals surface area contributed by atoms with Gasteiger partial charge in [0.1, 0.15) is 12.4 Å². The van der Waals surface area contributed by atoms with E-state index in [4.69, 9.17) is 9.15 Å². The molecule has 2 aromatic heterocycles. The second-order valence-electron chi connectivity index (χ2n) is 7.37. The number of anilines is 1. The van der Waals surface area contributed by atoms with E-state index < -0.39 is 0 Å². The topological polar surface area (TPSA) is 123 Å². The van der Waals surface area contributed by atoms with Gasteiger partial charge in [-0.2, -0.15) is 5.21 Å². The van der Waals surface area contributed by atoms with Crippen molar-refractivity contribution in [3.63, 3.8) is 0 Å². The summed E-state index contributed by atoms with van der Waals surface area (Å²) in [6.07, 6.45) is 9.02. The molecule has 9 heteroatoms. The molecule has 0 saturated heterocycles. The zero-order valence-corrected chi connectivity index (χ0v) is 18.4. The summed E-state index contributed by atoms with van der Waals surface area (Å²) in [5.74, 6) is 0.591. The third-order valence-corrected chi connectivity index (χ3v) is 4.98. The highest BCUT2D eigenvalue weighted by atomic mass is 16.5. The van der Waals surface area contributed by atoms with Crippen LogP contribution in [0.15, 0.2) is 82.5 Å². The summed E-state index contributed by atoms with van der Waals surface area (Å²) in [7, 11) is 0. The van der Waals surface area contributed by atoms with Gasteiger partial charge < -0.3 is 14.5 Å². The molecule has 0 unspecified atom stereocenters. The number of hydrogen-bond donors (Lipinski definition) is 2. The Hall–Kier alpha value is -4.53.